The van der Waals surface area contributed by atoms with Crippen LogP contribution in [0.25, 0.3) is 0 Å². The summed E-state index contributed by atoms with van der Waals surface area (Å²) in [4.78, 5) is 35.0. The average molecular weight is 354 g/mol. The summed E-state index contributed by atoms with van der Waals surface area (Å²) in [6.07, 6.45) is 2.03. The van der Waals surface area contributed by atoms with Crippen LogP contribution in [0.4, 0.5) is 5.69 Å². The molecule has 2 aromatic rings. The van der Waals surface area contributed by atoms with E-state index in [4.69, 9.17) is 5.11 Å². The molecule has 3 N–H and O–H groups in total. The fourth-order valence-electron chi connectivity index (χ4n) is 2.36. The summed E-state index contributed by atoms with van der Waals surface area (Å²) in [5.74, 6) is -1.82. The first-order valence-corrected chi connectivity index (χ1v) is 8.44. The van der Waals surface area contributed by atoms with E-state index in [-0.39, 0.29) is 5.91 Å². The molecule has 0 saturated heterocycles. The van der Waals surface area contributed by atoms with Gasteiger partial charge in [-0.05, 0) is 55.3 Å². The Morgan fingerprint density at radius 2 is 1.46 bits per heavy atom. The second kappa shape index (κ2) is 8.80. The van der Waals surface area contributed by atoms with E-state index >= 15 is 0 Å². The monoisotopic (exact) mass is 354 g/mol. The highest BCUT2D eigenvalue weighted by Gasteiger charge is 2.15. The average Bonchev–Trinajstić information content (AvgIpc) is 2.63. The van der Waals surface area contributed by atoms with Crippen molar-refractivity contribution in [1.29, 1.82) is 0 Å². The maximum atomic E-state index is 12.3. The van der Waals surface area contributed by atoms with Crippen LogP contribution in [0.3, 0.4) is 0 Å². The minimum atomic E-state index is -1.10. The summed E-state index contributed by atoms with van der Waals surface area (Å²) in [5.41, 5.74) is 2.62. The zero-order valence-electron chi connectivity index (χ0n) is 14.8. The Hall–Kier alpha value is -3.15. The lowest BCUT2D eigenvalue weighted by Gasteiger charge is -2.10. The Kier molecular flexibility index (Phi) is 6.49. The predicted molar refractivity (Wildman–Crippen MR) is 99.4 cm³/mol. The van der Waals surface area contributed by atoms with E-state index in [9.17, 15) is 14.4 Å². The number of rotatable bonds is 7. The third-order valence-electron chi connectivity index (χ3n) is 3.88. The van der Waals surface area contributed by atoms with E-state index in [1.54, 1.807) is 24.3 Å². The molecular formula is C20H22N2O4. The molecule has 0 radical (unpaired) electrons. The number of carboxylic acid groups (broad SMARTS) is 1. The van der Waals surface area contributed by atoms with Crippen LogP contribution < -0.4 is 10.6 Å². The molecule has 0 aliphatic carbocycles. The van der Waals surface area contributed by atoms with Crippen molar-refractivity contribution in [2.75, 3.05) is 5.32 Å². The van der Waals surface area contributed by atoms with Gasteiger partial charge in [-0.25, -0.2) is 0 Å². The van der Waals surface area contributed by atoms with E-state index in [1.807, 2.05) is 12.1 Å². The van der Waals surface area contributed by atoms with Crippen LogP contribution >= 0.6 is 0 Å². The molecule has 6 nitrogen and oxygen atoms in total. The standard InChI is InChI=1S/C20H22N2O4/c1-3-4-14-5-7-15(8-6-14)19(24)22-17-11-9-16(10-12-17)18(23)21-13(2)20(25)26/h5-13H,3-4H2,1-2H3,(H,21,23)(H,22,24)(H,25,26). The highest BCUT2D eigenvalue weighted by atomic mass is 16.4. The lowest BCUT2D eigenvalue weighted by atomic mass is 10.1. The minimum Gasteiger partial charge on any atom is -0.480 e. The number of carbonyl (C=O) groups excluding carboxylic acids is 2. The van der Waals surface area contributed by atoms with Crippen molar-refractivity contribution in [3.63, 3.8) is 0 Å². The maximum Gasteiger partial charge on any atom is 0.325 e. The molecular weight excluding hydrogens is 332 g/mol. The van der Waals surface area contributed by atoms with Gasteiger partial charge in [0.05, 0.1) is 0 Å². The third-order valence-corrected chi connectivity index (χ3v) is 3.88. The van der Waals surface area contributed by atoms with Crippen molar-refractivity contribution in [1.82, 2.24) is 5.32 Å². The van der Waals surface area contributed by atoms with Gasteiger partial charge in [0, 0.05) is 16.8 Å². The van der Waals surface area contributed by atoms with Gasteiger partial charge in [0.1, 0.15) is 6.04 Å². The van der Waals surface area contributed by atoms with E-state index in [0.29, 0.717) is 16.8 Å². The van der Waals surface area contributed by atoms with Gasteiger partial charge in [0.15, 0.2) is 0 Å². The van der Waals surface area contributed by atoms with Crippen LogP contribution in [0.2, 0.25) is 0 Å². The van der Waals surface area contributed by atoms with Gasteiger partial charge in [-0.2, -0.15) is 0 Å². The van der Waals surface area contributed by atoms with Crippen LogP contribution in [0.5, 0.6) is 0 Å². The Labute approximate surface area is 152 Å². The van der Waals surface area contributed by atoms with E-state index < -0.39 is 17.9 Å². The topological polar surface area (TPSA) is 95.5 Å². The van der Waals surface area contributed by atoms with Crippen molar-refractivity contribution in [2.45, 2.75) is 32.7 Å². The van der Waals surface area contributed by atoms with Crippen molar-refractivity contribution < 1.29 is 19.5 Å². The molecule has 0 bridgehead atoms. The first-order chi connectivity index (χ1) is 12.4. The summed E-state index contributed by atoms with van der Waals surface area (Å²) in [6, 6.07) is 12.7. The number of nitrogens with one attached hydrogen (secondary N) is 2. The van der Waals surface area contributed by atoms with Crippen molar-refractivity contribution in [3.8, 4) is 0 Å². The molecule has 0 aliphatic rings. The molecule has 2 aromatic carbocycles. The second-order valence-electron chi connectivity index (χ2n) is 6.01. The van der Waals surface area contributed by atoms with Crippen molar-refractivity contribution in [2.24, 2.45) is 0 Å². The SMILES string of the molecule is CCCc1ccc(C(=O)Nc2ccc(C(=O)NC(C)C(=O)O)cc2)cc1. The molecule has 0 aromatic heterocycles. The van der Waals surface area contributed by atoms with Gasteiger partial charge in [-0.1, -0.05) is 25.5 Å². The van der Waals surface area contributed by atoms with Crippen LogP contribution in [-0.4, -0.2) is 28.9 Å². The quantitative estimate of drug-likeness (QED) is 0.712. The summed E-state index contributed by atoms with van der Waals surface area (Å²) in [5, 5.41) is 14.0. The normalized spacial score (nSPS) is 11.5. The first kappa shape index (κ1) is 19.2. The number of anilines is 1. The summed E-state index contributed by atoms with van der Waals surface area (Å²) < 4.78 is 0. The van der Waals surface area contributed by atoms with Gasteiger partial charge in [0.25, 0.3) is 11.8 Å². The Balaban J connectivity index is 1.98. The molecule has 0 fully saturated rings. The Morgan fingerprint density at radius 3 is 2.00 bits per heavy atom. The fourth-order valence-corrected chi connectivity index (χ4v) is 2.36. The van der Waals surface area contributed by atoms with Crippen LogP contribution in [0.15, 0.2) is 48.5 Å². The molecule has 26 heavy (non-hydrogen) atoms. The van der Waals surface area contributed by atoms with Gasteiger partial charge >= 0.3 is 5.97 Å². The van der Waals surface area contributed by atoms with Crippen molar-refractivity contribution in [3.05, 3.63) is 65.2 Å². The number of carbonyl (C=O) groups is 3. The van der Waals surface area contributed by atoms with Crippen LogP contribution in [0, 0.1) is 0 Å². The number of amides is 2. The van der Waals surface area contributed by atoms with Gasteiger partial charge in [-0.3, -0.25) is 14.4 Å². The predicted octanol–water partition coefficient (Wildman–Crippen LogP) is 3.09. The zero-order valence-corrected chi connectivity index (χ0v) is 14.8. The molecule has 1 atom stereocenters. The number of benzene rings is 2. The molecule has 0 saturated carbocycles. The van der Waals surface area contributed by atoms with Gasteiger partial charge in [0.2, 0.25) is 0 Å². The summed E-state index contributed by atoms with van der Waals surface area (Å²) in [6.45, 7) is 3.49. The maximum absolute atomic E-state index is 12.3. The summed E-state index contributed by atoms with van der Waals surface area (Å²) >= 11 is 0. The largest absolute Gasteiger partial charge is 0.480 e. The zero-order chi connectivity index (χ0) is 19.1. The van der Waals surface area contributed by atoms with Gasteiger partial charge in [-0.15, -0.1) is 0 Å². The van der Waals surface area contributed by atoms with E-state index in [0.717, 1.165) is 12.8 Å². The van der Waals surface area contributed by atoms with E-state index in [1.165, 1.54) is 24.6 Å². The smallest absolute Gasteiger partial charge is 0.325 e. The molecule has 136 valence electrons. The number of hydrogen-bond donors (Lipinski definition) is 3. The van der Waals surface area contributed by atoms with Crippen LogP contribution in [0.1, 0.15) is 46.5 Å². The fraction of sp³-hybridized carbons (Fsp3) is 0.250. The lowest BCUT2D eigenvalue weighted by Crippen LogP contribution is -2.38. The van der Waals surface area contributed by atoms with E-state index in [2.05, 4.69) is 17.6 Å². The molecule has 2 rings (SSSR count). The second-order valence-corrected chi connectivity index (χ2v) is 6.01. The minimum absolute atomic E-state index is 0.232. The highest BCUT2D eigenvalue weighted by Crippen LogP contribution is 2.13. The molecule has 6 heteroatoms. The van der Waals surface area contributed by atoms with Gasteiger partial charge < -0.3 is 15.7 Å². The number of aryl methyl sites for hydroxylation is 1. The Morgan fingerprint density at radius 1 is 0.923 bits per heavy atom. The number of aliphatic carboxylic acids is 1. The Bertz CT molecular complexity index is 782. The molecule has 0 aliphatic heterocycles. The number of hydrogen-bond acceptors (Lipinski definition) is 3. The first-order valence-electron chi connectivity index (χ1n) is 8.44. The molecule has 0 heterocycles. The molecule has 1 unspecified atom stereocenters. The van der Waals surface area contributed by atoms with Crippen LogP contribution in [-0.2, 0) is 11.2 Å². The molecule has 2 amide bonds. The summed E-state index contributed by atoms with van der Waals surface area (Å²) in [7, 11) is 0. The highest BCUT2D eigenvalue weighted by molar-refractivity contribution is 6.04. The number of carboxylic acids is 1. The van der Waals surface area contributed by atoms with Crippen molar-refractivity contribution >= 4 is 23.5 Å². The third kappa shape index (κ3) is 5.17. The molecule has 0 spiro atoms. The lowest BCUT2D eigenvalue weighted by molar-refractivity contribution is -0.138.